The van der Waals surface area contributed by atoms with Gasteiger partial charge in [0.15, 0.2) is 0 Å². The van der Waals surface area contributed by atoms with E-state index in [1.165, 1.54) is 0 Å². The highest BCUT2D eigenvalue weighted by Crippen LogP contribution is 2.22. The zero-order chi connectivity index (χ0) is 28.4. The minimum Gasteiger partial charge on any atom is -0.487 e. The van der Waals surface area contributed by atoms with Crippen molar-refractivity contribution in [2.75, 3.05) is 26.2 Å². The molecule has 5 rings (SSSR count). The molecule has 41 heavy (non-hydrogen) atoms. The van der Waals surface area contributed by atoms with E-state index in [2.05, 4.69) is 36.2 Å². The van der Waals surface area contributed by atoms with Crippen LogP contribution in [0.3, 0.4) is 0 Å². The van der Waals surface area contributed by atoms with Gasteiger partial charge in [-0.15, -0.1) is 12.4 Å². The minimum atomic E-state index is -0.468. The minimum absolute atomic E-state index is 0. The largest absolute Gasteiger partial charge is 0.487 e. The Morgan fingerprint density at radius 3 is 2.32 bits per heavy atom. The van der Waals surface area contributed by atoms with Crippen LogP contribution in [0.2, 0.25) is 0 Å². The van der Waals surface area contributed by atoms with E-state index in [1.807, 2.05) is 63.4 Å². The number of nitrogens with zero attached hydrogens (tertiary/aromatic N) is 4. The number of rotatable bonds is 6. The summed E-state index contributed by atoms with van der Waals surface area (Å²) in [5, 5.41) is 3.29. The smallest absolute Gasteiger partial charge is 0.410 e. The van der Waals surface area contributed by atoms with Gasteiger partial charge in [-0.2, -0.15) is 0 Å². The molecule has 3 aromatic rings. The number of hydrogen-bond donors (Lipinski definition) is 1. The molecule has 0 aliphatic carbocycles. The van der Waals surface area contributed by atoms with E-state index >= 15 is 0 Å². The molecule has 9 nitrogen and oxygen atoms in total. The molecule has 2 saturated heterocycles. The second-order valence-electron chi connectivity index (χ2n) is 10.6. The van der Waals surface area contributed by atoms with Crippen molar-refractivity contribution in [2.45, 2.75) is 51.4 Å². The highest BCUT2D eigenvalue weighted by atomic mass is 79.9. The van der Waals surface area contributed by atoms with Gasteiger partial charge in [0.2, 0.25) is 0 Å². The van der Waals surface area contributed by atoms with E-state index in [0.29, 0.717) is 18.8 Å². The molecule has 0 aromatic carbocycles. The van der Waals surface area contributed by atoms with Crippen LogP contribution < -0.4 is 14.8 Å². The molecule has 5 heterocycles. The van der Waals surface area contributed by atoms with E-state index in [9.17, 15) is 4.79 Å². The van der Waals surface area contributed by atoms with Crippen LogP contribution in [0.15, 0.2) is 65.9 Å². The Labute approximate surface area is 256 Å². The molecular weight excluding hydrogens is 610 g/mol. The Morgan fingerprint density at radius 1 is 0.951 bits per heavy atom. The zero-order valence-electron chi connectivity index (χ0n) is 23.5. The van der Waals surface area contributed by atoms with Gasteiger partial charge in [0.05, 0.1) is 18.9 Å². The molecule has 2 atom stereocenters. The topological polar surface area (TPSA) is 98.7 Å². The monoisotopic (exact) mass is 645 g/mol. The summed E-state index contributed by atoms with van der Waals surface area (Å²) in [7, 11) is 0. The fourth-order valence-electron chi connectivity index (χ4n) is 4.15. The van der Waals surface area contributed by atoms with Crippen LogP contribution in [0.1, 0.15) is 44.7 Å². The number of carbonyl (C=O) groups is 1. The van der Waals surface area contributed by atoms with Crippen molar-refractivity contribution in [3.05, 3.63) is 77.0 Å². The van der Waals surface area contributed by atoms with Gasteiger partial charge in [-0.3, -0.25) is 15.0 Å². The molecule has 2 fully saturated rings. The van der Waals surface area contributed by atoms with Crippen LogP contribution in [-0.4, -0.2) is 69.9 Å². The normalized spacial score (nSPS) is 18.3. The number of likely N-dealkylation sites (tertiary alicyclic amines) is 1. The molecule has 2 aliphatic rings. The maximum absolute atomic E-state index is 11.9. The Morgan fingerprint density at radius 2 is 1.63 bits per heavy atom. The number of amides is 1. The Balaban J connectivity index is 0.000000220. The van der Waals surface area contributed by atoms with Crippen molar-refractivity contribution < 1.29 is 19.0 Å². The summed E-state index contributed by atoms with van der Waals surface area (Å²) in [6.45, 7) is 8.73. The number of ether oxygens (including phenoxy) is 3. The first-order valence-corrected chi connectivity index (χ1v) is 14.2. The number of halogens is 2. The van der Waals surface area contributed by atoms with E-state index in [4.69, 9.17) is 14.2 Å². The summed E-state index contributed by atoms with van der Waals surface area (Å²) >= 11 is 3.35. The van der Waals surface area contributed by atoms with Crippen molar-refractivity contribution in [3.63, 3.8) is 0 Å². The predicted octanol–water partition coefficient (Wildman–Crippen LogP) is 6.04. The number of carbonyl (C=O) groups excluding carboxylic acids is 1. The summed E-state index contributed by atoms with van der Waals surface area (Å²) in [4.78, 5) is 25.9. The van der Waals surface area contributed by atoms with Gasteiger partial charge < -0.3 is 24.4 Å². The van der Waals surface area contributed by atoms with E-state index in [0.717, 1.165) is 47.3 Å². The molecule has 0 unspecified atom stereocenters. The van der Waals surface area contributed by atoms with Crippen molar-refractivity contribution in [3.8, 4) is 11.5 Å². The lowest BCUT2D eigenvalue weighted by Gasteiger charge is -2.24. The highest BCUT2D eigenvalue weighted by molar-refractivity contribution is 9.10. The Kier molecular flexibility index (Phi) is 12.4. The average molecular weight is 647 g/mol. The molecule has 3 aromatic heterocycles. The van der Waals surface area contributed by atoms with Gasteiger partial charge >= 0.3 is 6.09 Å². The average Bonchev–Trinajstić information content (AvgIpc) is 3.60. The van der Waals surface area contributed by atoms with Gasteiger partial charge in [0.1, 0.15) is 29.3 Å². The summed E-state index contributed by atoms with van der Waals surface area (Å²) in [6.07, 6.45) is 16.4. The third-order valence-electron chi connectivity index (χ3n) is 6.01. The Hall–Kier alpha value is -3.21. The molecule has 0 saturated carbocycles. The molecule has 0 radical (unpaired) electrons. The second kappa shape index (κ2) is 15.7. The molecule has 1 amide bonds. The molecule has 1 N–H and O–H groups in total. The van der Waals surface area contributed by atoms with Crippen LogP contribution in [-0.2, 0) is 4.74 Å². The standard InChI is InChI=1S/C16H17N3O.C14H19BrN2O3.ClH/c1(13-3-6-17-7-4-13)2-14-9-16(12-19-10-14)20-15-5-8-18-11-15;1-14(2,3)20-13(18)17-5-4-11(9-17)19-12-6-10(15)7-16-8-12;/h1-4,6-7,9-10,12,15,18H,5,8,11H2;6-8,11H,4-5,9H2,1-3H3;1H/t15-;11-;/m00./s1. The van der Waals surface area contributed by atoms with Crippen LogP contribution in [0.4, 0.5) is 4.79 Å². The number of aromatic nitrogens is 3. The molecule has 0 bridgehead atoms. The van der Waals surface area contributed by atoms with Crippen LogP contribution in [0.25, 0.3) is 12.2 Å². The van der Waals surface area contributed by atoms with Crippen molar-refractivity contribution in [2.24, 2.45) is 0 Å². The molecule has 220 valence electrons. The first-order valence-electron chi connectivity index (χ1n) is 13.4. The second-order valence-corrected chi connectivity index (χ2v) is 11.5. The van der Waals surface area contributed by atoms with E-state index in [1.54, 1.807) is 35.9 Å². The maximum Gasteiger partial charge on any atom is 0.410 e. The number of hydrogen-bond acceptors (Lipinski definition) is 8. The lowest BCUT2D eigenvalue weighted by atomic mass is 10.2. The van der Waals surface area contributed by atoms with Crippen molar-refractivity contribution >= 4 is 46.6 Å². The summed E-state index contributed by atoms with van der Waals surface area (Å²) in [5.41, 5.74) is 1.68. The fraction of sp³-hybridized carbons (Fsp3) is 0.400. The van der Waals surface area contributed by atoms with Crippen LogP contribution in [0, 0.1) is 0 Å². The fourth-order valence-corrected chi connectivity index (χ4v) is 4.49. The highest BCUT2D eigenvalue weighted by Gasteiger charge is 2.30. The summed E-state index contributed by atoms with van der Waals surface area (Å²) in [5.74, 6) is 1.53. The lowest BCUT2D eigenvalue weighted by molar-refractivity contribution is 0.0275. The third kappa shape index (κ3) is 11.3. The predicted molar refractivity (Wildman–Crippen MR) is 165 cm³/mol. The van der Waals surface area contributed by atoms with Gasteiger partial charge in [0, 0.05) is 48.8 Å². The van der Waals surface area contributed by atoms with Gasteiger partial charge in [0.25, 0.3) is 0 Å². The lowest BCUT2D eigenvalue weighted by Crippen LogP contribution is -2.36. The molecule has 0 spiro atoms. The quantitative estimate of drug-likeness (QED) is 0.346. The first kappa shape index (κ1) is 32.3. The van der Waals surface area contributed by atoms with Crippen molar-refractivity contribution in [1.29, 1.82) is 0 Å². The SMILES string of the molecule is C(=Cc1cncc(O[C@H]2CCNC2)c1)c1ccncc1.CC(C)(C)OC(=O)N1CC[C@H](Oc2cncc(Br)c2)C1.Cl. The number of pyridine rings is 3. The van der Waals surface area contributed by atoms with Gasteiger partial charge in [-0.05, 0) is 85.1 Å². The Bertz CT molecular complexity index is 1270. The summed E-state index contributed by atoms with van der Waals surface area (Å²) in [6, 6.07) is 7.81. The van der Waals surface area contributed by atoms with Gasteiger partial charge in [-0.1, -0.05) is 12.2 Å². The third-order valence-corrected chi connectivity index (χ3v) is 6.44. The van der Waals surface area contributed by atoms with E-state index < -0.39 is 5.60 Å². The van der Waals surface area contributed by atoms with Crippen LogP contribution in [0.5, 0.6) is 11.5 Å². The van der Waals surface area contributed by atoms with Crippen LogP contribution >= 0.6 is 28.3 Å². The maximum atomic E-state index is 11.9. The number of nitrogens with one attached hydrogen (secondary N) is 1. The van der Waals surface area contributed by atoms with Gasteiger partial charge in [-0.25, -0.2) is 4.79 Å². The van der Waals surface area contributed by atoms with Crippen molar-refractivity contribution in [1.82, 2.24) is 25.2 Å². The molecule has 2 aliphatic heterocycles. The van der Waals surface area contributed by atoms with E-state index in [-0.39, 0.29) is 30.7 Å². The molecule has 11 heteroatoms. The molecular formula is C30H37BrClN5O4. The first-order chi connectivity index (χ1) is 19.2. The zero-order valence-corrected chi connectivity index (χ0v) is 25.9. The summed E-state index contributed by atoms with van der Waals surface area (Å²) < 4.78 is 17.9.